The fourth-order valence-corrected chi connectivity index (χ4v) is 4.46. The molecule has 1 N–H and O–H groups in total. The summed E-state index contributed by atoms with van der Waals surface area (Å²) < 4.78 is 2.08. The molecule has 140 valence electrons. The van der Waals surface area contributed by atoms with Gasteiger partial charge >= 0.3 is 0 Å². The first-order valence-electron chi connectivity index (χ1n) is 9.67. The summed E-state index contributed by atoms with van der Waals surface area (Å²) in [5.41, 5.74) is 2.31. The van der Waals surface area contributed by atoms with Gasteiger partial charge < -0.3 is 14.5 Å². The van der Waals surface area contributed by atoms with Crippen LogP contribution in [0.2, 0.25) is 0 Å². The number of nitrogens with one attached hydrogen (secondary N) is 1. The number of carbonyl (C=O) groups is 1. The number of nitrogens with zero attached hydrogens (tertiary/aromatic N) is 5. The van der Waals surface area contributed by atoms with Crippen molar-refractivity contribution in [3.05, 3.63) is 36.4 Å². The van der Waals surface area contributed by atoms with Crippen LogP contribution in [0.25, 0.3) is 0 Å². The molecule has 2 atom stereocenters. The summed E-state index contributed by atoms with van der Waals surface area (Å²) in [5.74, 6) is 0.933. The Morgan fingerprint density at radius 3 is 3.00 bits per heavy atom. The molecule has 2 aromatic heterocycles. The third kappa shape index (κ3) is 3.67. The van der Waals surface area contributed by atoms with Crippen molar-refractivity contribution in [3.63, 3.8) is 0 Å². The maximum absolute atomic E-state index is 12.5. The second-order valence-corrected chi connectivity index (χ2v) is 7.61. The van der Waals surface area contributed by atoms with E-state index in [0.29, 0.717) is 24.3 Å². The van der Waals surface area contributed by atoms with Gasteiger partial charge in [-0.1, -0.05) is 0 Å². The van der Waals surface area contributed by atoms with E-state index in [0.717, 1.165) is 63.4 Å². The number of hydrogen-bond acceptors (Lipinski definition) is 4. The van der Waals surface area contributed by atoms with Gasteiger partial charge in [0, 0.05) is 63.3 Å². The molecule has 0 spiro atoms. The average Bonchev–Trinajstić information content (AvgIpc) is 3.29. The molecule has 0 aliphatic carbocycles. The van der Waals surface area contributed by atoms with Gasteiger partial charge in [-0.05, 0) is 32.1 Å². The van der Waals surface area contributed by atoms with E-state index in [-0.39, 0.29) is 0 Å². The highest BCUT2D eigenvalue weighted by Crippen LogP contribution is 2.32. The van der Waals surface area contributed by atoms with Crippen molar-refractivity contribution in [2.24, 2.45) is 5.92 Å². The van der Waals surface area contributed by atoms with Gasteiger partial charge in [-0.2, -0.15) is 0 Å². The second kappa shape index (κ2) is 7.61. The summed E-state index contributed by atoms with van der Waals surface area (Å²) in [6.07, 6.45) is 11.2. The quantitative estimate of drug-likeness (QED) is 0.857. The number of imidazole rings is 2. The number of amides is 1. The van der Waals surface area contributed by atoms with E-state index < -0.39 is 0 Å². The lowest BCUT2D eigenvalue weighted by Gasteiger charge is -2.47. The summed E-state index contributed by atoms with van der Waals surface area (Å²) in [5, 5.41) is 0. The van der Waals surface area contributed by atoms with E-state index in [9.17, 15) is 4.79 Å². The molecule has 2 aromatic rings. The molecule has 0 saturated carbocycles. The lowest BCUT2D eigenvalue weighted by atomic mass is 9.83. The third-order valence-corrected chi connectivity index (χ3v) is 5.91. The van der Waals surface area contributed by atoms with E-state index in [1.54, 1.807) is 12.5 Å². The summed E-state index contributed by atoms with van der Waals surface area (Å²) in [4.78, 5) is 28.9. The Labute approximate surface area is 154 Å². The molecular formula is C19H28N6O. The molecular weight excluding hydrogens is 328 g/mol. The van der Waals surface area contributed by atoms with Crippen molar-refractivity contribution in [3.8, 4) is 0 Å². The SMILES string of the molecule is Cc1[nH]cnc1CN1CC[C@@H]2[C@@H](CCC(=O)N2CCCn2ccnc2)C1. The van der Waals surface area contributed by atoms with Gasteiger partial charge in [0.2, 0.25) is 5.91 Å². The van der Waals surface area contributed by atoms with Gasteiger partial charge in [0.05, 0.1) is 18.3 Å². The molecule has 7 heteroatoms. The smallest absolute Gasteiger partial charge is 0.222 e. The number of aryl methyl sites for hydroxylation is 2. The molecule has 4 rings (SSSR count). The minimum Gasteiger partial charge on any atom is -0.348 e. The Balaban J connectivity index is 1.33. The van der Waals surface area contributed by atoms with Crippen LogP contribution in [0.3, 0.4) is 0 Å². The molecule has 0 unspecified atom stereocenters. The Hall–Kier alpha value is -2.15. The Morgan fingerprint density at radius 2 is 2.23 bits per heavy atom. The largest absolute Gasteiger partial charge is 0.348 e. The van der Waals surface area contributed by atoms with E-state index in [1.165, 1.54) is 0 Å². The van der Waals surface area contributed by atoms with Crippen LogP contribution in [0.5, 0.6) is 0 Å². The van der Waals surface area contributed by atoms with Crippen molar-refractivity contribution in [2.75, 3.05) is 19.6 Å². The molecule has 7 nitrogen and oxygen atoms in total. The molecule has 2 fully saturated rings. The van der Waals surface area contributed by atoms with E-state index in [4.69, 9.17) is 0 Å². The van der Waals surface area contributed by atoms with Crippen LogP contribution < -0.4 is 0 Å². The van der Waals surface area contributed by atoms with Gasteiger partial charge in [0.15, 0.2) is 0 Å². The zero-order valence-corrected chi connectivity index (χ0v) is 15.5. The van der Waals surface area contributed by atoms with E-state index in [2.05, 4.69) is 36.2 Å². The van der Waals surface area contributed by atoms with Crippen molar-refractivity contribution in [2.45, 2.75) is 51.7 Å². The number of hydrogen-bond donors (Lipinski definition) is 1. The highest BCUT2D eigenvalue weighted by atomic mass is 16.2. The second-order valence-electron chi connectivity index (χ2n) is 7.61. The predicted molar refractivity (Wildman–Crippen MR) is 98.3 cm³/mol. The highest BCUT2D eigenvalue weighted by Gasteiger charge is 2.39. The molecule has 26 heavy (non-hydrogen) atoms. The average molecular weight is 356 g/mol. The van der Waals surface area contributed by atoms with Gasteiger partial charge in [0.25, 0.3) is 0 Å². The van der Waals surface area contributed by atoms with Crippen molar-refractivity contribution >= 4 is 5.91 Å². The molecule has 1 amide bonds. The topological polar surface area (TPSA) is 70.1 Å². The van der Waals surface area contributed by atoms with Gasteiger partial charge in [0.1, 0.15) is 0 Å². The monoisotopic (exact) mass is 356 g/mol. The predicted octanol–water partition coefficient (Wildman–Crippen LogP) is 1.82. The number of H-pyrrole nitrogens is 1. The van der Waals surface area contributed by atoms with Crippen LogP contribution in [0.15, 0.2) is 25.0 Å². The first-order valence-corrected chi connectivity index (χ1v) is 9.67. The van der Waals surface area contributed by atoms with Gasteiger partial charge in [-0.25, -0.2) is 9.97 Å². The number of rotatable bonds is 6. The van der Waals surface area contributed by atoms with Crippen molar-refractivity contribution in [1.29, 1.82) is 0 Å². The standard InChI is InChI=1S/C19H28N6O/c1-15-17(22-13-21-15)12-24-9-5-18-16(11-24)3-4-19(26)25(18)8-2-7-23-10-6-20-14-23/h6,10,13-14,16,18H,2-5,7-9,11-12H2,1H3,(H,21,22)/t16-,18+/m0/s1. The Morgan fingerprint density at radius 1 is 1.31 bits per heavy atom. The van der Waals surface area contributed by atoms with E-state index >= 15 is 0 Å². The summed E-state index contributed by atoms with van der Waals surface area (Å²) in [6.45, 7) is 6.88. The molecule has 2 aliphatic heterocycles. The first kappa shape index (κ1) is 17.3. The zero-order chi connectivity index (χ0) is 17.9. The summed E-state index contributed by atoms with van der Waals surface area (Å²) in [6, 6.07) is 0.413. The van der Waals surface area contributed by atoms with Crippen LogP contribution in [-0.2, 0) is 17.9 Å². The number of carbonyl (C=O) groups excluding carboxylic acids is 1. The zero-order valence-electron chi connectivity index (χ0n) is 15.5. The van der Waals surface area contributed by atoms with Crippen molar-refractivity contribution < 1.29 is 4.79 Å². The minimum atomic E-state index is 0.341. The number of fused-ring (bicyclic) bond motifs is 1. The number of aromatic amines is 1. The molecule has 0 radical (unpaired) electrons. The normalized spacial score (nSPS) is 24.0. The molecule has 4 heterocycles. The number of piperidine rings is 2. The molecule has 2 aliphatic rings. The van der Waals surface area contributed by atoms with Crippen LogP contribution >= 0.6 is 0 Å². The lowest BCUT2D eigenvalue weighted by molar-refractivity contribution is -0.141. The van der Waals surface area contributed by atoms with Gasteiger partial charge in [-0.3, -0.25) is 9.69 Å². The molecule has 0 aromatic carbocycles. The summed E-state index contributed by atoms with van der Waals surface area (Å²) >= 11 is 0. The maximum atomic E-state index is 12.5. The minimum absolute atomic E-state index is 0.341. The van der Waals surface area contributed by atoms with Crippen LogP contribution in [0, 0.1) is 12.8 Å². The van der Waals surface area contributed by atoms with Crippen LogP contribution in [0.1, 0.15) is 37.1 Å². The highest BCUT2D eigenvalue weighted by molar-refractivity contribution is 5.77. The lowest BCUT2D eigenvalue weighted by Crippen LogP contribution is -2.56. The van der Waals surface area contributed by atoms with E-state index in [1.807, 2.05) is 12.5 Å². The fraction of sp³-hybridized carbons (Fsp3) is 0.632. The first-order chi connectivity index (χ1) is 12.7. The molecule has 2 saturated heterocycles. The van der Waals surface area contributed by atoms with Crippen molar-refractivity contribution in [1.82, 2.24) is 29.3 Å². The Bertz CT molecular complexity index is 724. The molecule has 0 bridgehead atoms. The van der Waals surface area contributed by atoms with Gasteiger partial charge in [-0.15, -0.1) is 0 Å². The fourth-order valence-electron chi connectivity index (χ4n) is 4.46. The third-order valence-electron chi connectivity index (χ3n) is 5.91. The number of aromatic nitrogens is 4. The maximum Gasteiger partial charge on any atom is 0.222 e. The number of likely N-dealkylation sites (tertiary alicyclic amines) is 2. The van der Waals surface area contributed by atoms with Crippen LogP contribution in [-0.4, -0.2) is 60.9 Å². The van der Waals surface area contributed by atoms with Crippen LogP contribution in [0.4, 0.5) is 0 Å². The summed E-state index contributed by atoms with van der Waals surface area (Å²) in [7, 11) is 0. The Kier molecular flexibility index (Phi) is 5.06.